The molecule has 5 heteroatoms. The van der Waals surface area contributed by atoms with Crippen LogP contribution in [0.2, 0.25) is 0 Å². The van der Waals surface area contributed by atoms with Gasteiger partial charge >= 0.3 is 0 Å². The first-order valence-electron chi connectivity index (χ1n) is 9.53. The molecule has 0 bridgehead atoms. The summed E-state index contributed by atoms with van der Waals surface area (Å²) in [7, 11) is 3.34. The van der Waals surface area contributed by atoms with Crippen LogP contribution < -0.4 is 15.2 Å². The van der Waals surface area contributed by atoms with E-state index in [4.69, 9.17) is 15.2 Å². The average molecular weight is 370 g/mol. The molecule has 1 fully saturated rings. The number of piperidine rings is 1. The highest BCUT2D eigenvalue weighted by Crippen LogP contribution is 2.44. The zero-order valence-electron chi connectivity index (χ0n) is 16.0. The first-order chi connectivity index (χ1) is 13.1. The Morgan fingerprint density at radius 1 is 1.15 bits per heavy atom. The number of hydrogen-bond acceptors (Lipinski definition) is 4. The van der Waals surface area contributed by atoms with E-state index in [0.717, 1.165) is 48.6 Å². The number of rotatable bonds is 4. The van der Waals surface area contributed by atoms with Crippen LogP contribution in [0.25, 0.3) is 0 Å². The Bertz CT molecular complexity index is 826. The summed E-state index contributed by atoms with van der Waals surface area (Å²) in [6, 6.07) is 12.4. The molecule has 0 saturated carbocycles. The molecule has 2 N–H and O–H groups in total. The molecule has 0 unspecified atom stereocenters. The van der Waals surface area contributed by atoms with Gasteiger partial charge in [-0.3, -0.25) is 4.90 Å². The Morgan fingerprint density at radius 2 is 1.93 bits per heavy atom. The SMILES string of the molecule is COc1cc2c(cc1OC)[C@@H]1C[C@H](N)[C@@H](c3cccc(CF)c3)CN1CC2. The maximum atomic E-state index is 13.1. The van der Waals surface area contributed by atoms with Crippen molar-refractivity contribution >= 4 is 0 Å². The van der Waals surface area contributed by atoms with Crippen molar-refractivity contribution in [3.8, 4) is 11.5 Å². The Kier molecular flexibility index (Phi) is 5.06. The van der Waals surface area contributed by atoms with Gasteiger partial charge in [0.05, 0.1) is 14.2 Å². The van der Waals surface area contributed by atoms with E-state index >= 15 is 0 Å². The summed E-state index contributed by atoms with van der Waals surface area (Å²) in [6.07, 6.45) is 1.87. The Hall–Kier alpha value is -2.11. The molecule has 4 nitrogen and oxygen atoms in total. The predicted molar refractivity (Wildman–Crippen MR) is 104 cm³/mol. The molecule has 2 aliphatic rings. The molecule has 2 heterocycles. The number of hydrogen-bond donors (Lipinski definition) is 1. The van der Waals surface area contributed by atoms with E-state index in [0.29, 0.717) is 6.04 Å². The summed E-state index contributed by atoms with van der Waals surface area (Å²) in [6.45, 7) is 1.46. The average Bonchev–Trinajstić information content (AvgIpc) is 2.72. The van der Waals surface area contributed by atoms with Gasteiger partial charge in [0, 0.05) is 31.1 Å². The fourth-order valence-corrected chi connectivity index (χ4v) is 4.64. The second-order valence-corrected chi connectivity index (χ2v) is 7.55. The molecule has 0 aromatic heterocycles. The maximum Gasteiger partial charge on any atom is 0.161 e. The summed E-state index contributed by atoms with van der Waals surface area (Å²) in [5, 5.41) is 0. The first kappa shape index (κ1) is 18.3. The van der Waals surface area contributed by atoms with Crippen molar-refractivity contribution in [1.82, 2.24) is 4.90 Å². The predicted octanol–water partition coefficient (Wildman–Crippen LogP) is 3.59. The Balaban J connectivity index is 1.63. The first-order valence-corrected chi connectivity index (χ1v) is 9.53. The van der Waals surface area contributed by atoms with Crippen LogP contribution in [-0.4, -0.2) is 38.3 Å². The van der Waals surface area contributed by atoms with Gasteiger partial charge in [0.15, 0.2) is 11.5 Å². The van der Waals surface area contributed by atoms with Gasteiger partial charge in [-0.05, 0) is 47.2 Å². The van der Waals surface area contributed by atoms with Crippen molar-refractivity contribution in [1.29, 1.82) is 0 Å². The van der Waals surface area contributed by atoms with Crippen LogP contribution in [0.1, 0.15) is 40.6 Å². The van der Waals surface area contributed by atoms with Crippen LogP contribution in [0.15, 0.2) is 36.4 Å². The molecule has 4 rings (SSSR count). The van der Waals surface area contributed by atoms with Crippen LogP contribution >= 0.6 is 0 Å². The molecular weight excluding hydrogens is 343 g/mol. The van der Waals surface area contributed by atoms with Crippen molar-refractivity contribution in [2.75, 3.05) is 27.3 Å². The van der Waals surface area contributed by atoms with E-state index in [1.165, 1.54) is 11.1 Å². The molecule has 0 amide bonds. The van der Waals surface area contributed by atoms with E-state index < -0.39 is 6.67 Å². The summed E-state index contributed by atoms with van der Waals surface area (Å²) < 4.78 is 24.1. The van der Waals surface area contributed by atoms with Crippen molar-refractivity contribution in [3.63, 3.8) is 0 Å². The minimum atomic E-state index is -0.433. The number of nitrogens with zero attached hydrogens (tertiary/aromatic N) is 1. The lowest BCUT2D eigenvalue weighted by molar-refractivity contribution is 0.109. The lowest BCUT2D eigenvalue weighted by Crippen LogP contribution is -2.49. The van der Waals surface area contributed by atoms with E-state index in [-0.39, 0.29) is 12.0 Å². The normalized spacial score (nSPS) is 24.8. The Labute approximate surface area is 160 Å². The molecule has 3 atom stereocenters. The van der Waals surface area contributed by atoms with Gasteiger partial charge in [-0.25, -0.2) is 4.39 Å². The molecule has 2 aliphatic heterocycles. The molecule has 1 saturated heterocycles. The maximum absolute atomic E-state index is 13.1. The zero-order chi connectivity index (χ0) is 19.0. The molecule has 2 aromatic carbocycles. The van der Waals surface area contributed by atoms with Gasteiger partial charge in [-0.2, -0.15) is 0 Å². The molecule has 0 spiro atoms. The highest BCUT2D eigenvalue weighted by Gasteiger charge is 2.38. The topological polar surface area (TPSA) is 47.7 Å². The van der Waals surface area contributed by atoms with Crippen LogP contribution in [-0.2, 0) is 13.1 Å². The number of ether oxygens (including phenoxy) is 2. The molecule has 0 radical (unpaired) electrons. The summed E-state index contributed by atoms with van der Waals surface area (Å²) in [5.41, 5.74) is 11.1. The van der Waals surface area contributed by atoms with Crippen molar-refractivity contribution in [3.05, 3.63) is 58.7 Å². The third-order valence-corrected chi connectivity index (χ3v) is 6.09. The third-order valence-electron chi connectivity index (χ3n) is 6.09. The van der Waals surface area contributed by atoms with E-state index in [1.807, 2.05) is 18.2 Å². The smallest absolute Gasteiger partial charge is 0.161 e. The number of methoxy groups -OCH3 is 2. The van der Waals surface area contributed by atoms with Gasteiger partial charge in [0.2, 0.25) is 0 Å². The van der Waals surface area contributed by atoms with Gasteiger partial charge < -0.3 is 15.2 Å². The summed E-state index contributed by atoms with van der Waals surface area (Å²) in [4.78, 5) is 2.52. The van der Waals surface area contributed by atoms with Crippen LogP contribution in [0.5, 0.6) is 11.5 Å². The number of nitrogens with two attached hydrogens (primary N) is 1. The molecule has 2 aromatic rings. The van der Waals surface area contributed by atoms with Crippen LogP contribution in [0.4, 0.5) is 4.39 Å². The van der Waals surface area contributed by atoms with E-state index in [9.17, 15) is 4.39 Å². The van der Waals surface area contributed by atoms with Crippen molar-refractivity contribution in [2.45, 2.75) is 37.5 Å². The largest absolute Gasteiger partial charge is 0.493 e. The van der Waals surface area contributed by atoms with E-state index in [2.05, 4.69) is 23.1 Å². The number of fused-ring (bicyclic) bond motifs is 3. The fourth-order valence-electron chi connectivity index (χ4n) is 4.64. The molecular formula is C22H27FN2O2. The lowest BCUT2D eigenvalue weighted by Gasteiger charge is -2.46. The number of alkyl halides is 1. The second-order valence-electron chi connectivity index (χ2n) is 7.55. The minimum Gasteiger partial charge on any atom is -0.493 e. The van der Waals surface area contributed by atoms with Crippen molar-refractivity contribution < 1.29 is 13.9 Å². The van der Waals surface area contributed by atoms with Gasteiger partial charge in [-0.1, -0.05) is 24.3 Å². The summed E-state index contributed by atoms with van der Waals surface area (Å²) in [5.74, 6) is 1.78. The third kappa shape index (κ3) is 3.30. The zero-order valence-corrected chi connectivity index (χ0v) is 16.0. The van der Waals surface area contributed by atoms with Crippen LogP contribution in [0, 0.1) is 0 Å². The van der Waals surface area contributed by atoms with Gasteiger partial charge in [0.1, 0.15) is 6.67 Å². The van der Waals surface area contributed by atoms with Crippen LogP contribution in [0.3, 0.4) is 0 Å². The highest BCUT2D eigenvalue weighted by molar-refractivity contribution is 5.50. The standard InChI is InChI=1S/C22H27FN2O2/c1-26-21-9-16-6-7-25-13-18(15-5-3-4-14(8-15)12-23)19(24)11-20(25)17(16)10-22(21)27-2/h3-5,8-10,18-20H,6-7,11-13,24H2,1-2H3/t18-,19+,20+/m1/s1. The second kappa shape index (κ2) is 7.49. The molecule has 27 heavy (non-hydrogen) atoms. The highest BCUT2D eigenvalue weighted by atomic mass is 19.1. The van der Waals surface area contributed by atoms with Crippen molar-refractivity contribution in [2.24, 2.45) is 5.73 Å². The lowest BCUT2D eigenvalue weighted by atomic mass is 9.78. The fraction of sp³-hybridized carbons (Fsp3) is 0.455. The minimum absolute atomic E-state index is 0.0418. The Morgan fingerprint density at radius 3 is 2.67 bits per heavy atom. The monoisotopic (exact) mass is 370 g/mol. The number of benzene rings is 2. The number of halogens is 1. The molecule has 0 aliphatic carbocycles. The van der Waals surface area contributed by atoms with Gasteiger partial charge in [-0.15, -0.1) is 0 Å². The molecule has 144 valence electrons. The summed E-state index contributed by atoms with van der Waals surface area (Å²) >= 11 is 0. The van der Waals surface area contributed by atoms with E-state index in [1.54, 1.807) is 14.2 Å². The van der Waals surface area contributed by atoms with Gasteiger partial charge in [0.25, 0.3) is 0 Å². The quantitative estimate of drug-likeness (QED) is 0.894.